The molecule has 212 valence electrons. The van der Waals surface area contributed by atoms with E-state index in [2.05, 4.69) is 23.8 Å². The Morgan fingerprint density at radius 3 is 1.61 bits per heavy atom. The van der Waals surface area contributed by atoms with E-state index >= 15 is 0 Å². The van der Waals surface area contributed by atoms with Crippen LogP contribution in [0.15, 0.2) is 36.7 Å². The molecule has 0 unspecified atom stereocenters. The van der Waals surface area contributed by atoms with Crippen LogP contribution in [0.3, 0.4) is 0 Å². The fraction of sp³-hybridized carbons (Fsp3) is 0.667. The van der Waals surface area contributed by atoms with E-state index in [1.54, 1.807) is 12.4 Å². The van der Waals surface area contributed by atoms with Gasteiger partial charge in [-0.2, -0.15) is 0 Å². The third-order valence-electron chi connectivity index (χ3n) is 6.97. The second kappa shape index (κ2) is 21.5. The van der Waals surface area contributed by atoms with Crippen LogP contribution in [0.25, 0.3) is 11.4 Å². The Morgan fingerprint density at radius 1 is 0.605 bits per heavy atom. The highest BCUT2D eigenvalue weighted by molar-refractivity contribution is 5.72. The molecule has 0 radical (unpaired) electrons. The maximum atomic E-state index is 12.1. The van der Waals surface area contributed by atoms with Crippen LogP contribution in [0.2, 0.25) is 0 Å². The van der Waals surface area contributed by atoms with Crippen molar-refractivity contribution in [2.75, 3.05) is 6.61 Å². The zero-order valence-electron chi connectivity index (χ0n) is 24.2. The lowest BCUT2D eigenvalue weighted by Gasteiger charge is -2.08. The van der Waals surface area contributed by atoms with Gasteiger partial charge in [0.2, 0.25) is 0 Å². The summed E-state index contributed by atoms with van der Waals surface area (Å²) in [5, 5.41) is 0. The van der Waals surface area contributed by atoms with E-state index in [-0.39, 0.29) is 5.97 Å². The molecule has 0 fully saturated rings. The molecule has 2 aromatic rings. The Kier molecular flexibility index (Phi) is 18.0. The summed E-state index contributed by atoms with van der Waals surface area (Å²) in [7, 11) is 0. The standard InChI is InChI=1S/C33H52N2O3/c1-3-5-7-9-11-13-15-17-19-21-32(36)38-31-27-34-33(35-28-31)29-22-24-30(25-23-29)37-26-20-18-16-14-12-10-8-6-4-2/h22-25,27-28H,3-21,26H2,1-2H3. The first-order valence-electron chi connectivity index (χ1n) is 15.5. The van der Waals surface area contributed by atoms with Gasteiger partial charge in [0.25, 0.3) is 0 Å². The van der Waals surface area contributed by atoms with Crippen LogP contribution in [-0.2, 0) is 4.79 Å². The molecule has 1 aromatic carbocycles. The van der Waals surface area contributed by atoms with Gasteiger partial charge in [-0.1, -0.05) is 117 Å². The van der Waals surface area contributed by atoms with E-state index in [4.69, 9.17) is 9.47 Å². The van der Waals surface area contributed by atoms with Crippen LogP contribution in [0.4, 0.5) is 0 Å². The molecule has 0 saturated heterocycles. The molecule has 0 bridgehead atoms. The Morgan fingerprint density at radius 2 is 1.08 bits per heavy atom. The number of rotatable bonds is 23. The molecule has 0 amide bonds. The Hall–Kier alpha value is -2.43. The Labute approximate surface area is 232 Å². The van der Waals surface area contributed by atoms with Crippen LogP contribution in [0, 0.1) is 0 Å². The molecule has 1 heterocycles. The van der Waals surface area contributed by atoms with E-state index in [1.807, 2.05) is 24.3 Å². The molecule has 2 rings (SSSR count). The largest absolute Gasteiger partial charge is 0.494 e. The summed E-state index contributed by atoms with van der Waals surface area (Å²) in [6, 6.07) is 7.87. The summed E-state index contributed by atoms with van der Waals surface area (Å²) < 4.78 is 11.3. The number of hydrogen-bond donors (Lipinski definition) is 0. The quantitative estimate of drug-likeness (QED) is 0.107. The summed E-state index contributed by atoms with van der Waals surface area (Å²) in [5.74, 6) is 1.66. The predicted molar refractivity (Wildman–Crippen MR) is 158 cm³/mol. The minimum absolute atomic E-state index is 0.210. The molecule has 0 N–H and O–H groups in total. The first-order valence-corrected chi connectivity index (χ1v) is 15.5. The first kappa shape index (κ1) is 31.8. The third-order valence-corrected chi connectivity index (χ3v) is 6.97. The summed E-state index contributed by atoms with van der Waals surface area (Å²) in [6.07, 6.45) is 26.4. The molecule has 0 spiro atoms. The summed E-state index contributed by atoms with van der Waals surface area (Å²) in [6.45, 7) is 5.26. The number of unbranched alkanes of at least 4 members (excludes halogenated alkanes) is 16. The second-order valence-corrected chi connectivity index (χ2v) is 10.5. The van der Waals surface area contributed by atoms with Crippen molar-refractivity contribution in [1.29, 1.82) is 0 Å². The van der Waals surface area contributed by atoms with Gasteiger partial charge in [0.15, 0.2) is 11.6 Å². The lowest BCUT2D eigenvalue weighted by atomic mass is 10.1. The summed E-state index contributed by atoms with van der Waals surface area (Å²) in [5.41, 5.74) is 0.910. The van der Waals surface area contributed by atoms with E-state index in [9.17, 15) is 4.79 Å². The smallest absolute Gasteiger partial charge is 0.311 e. The van der Waals surface area contributed by atoms with Crippen molar-refractivity contribution in [2.45, 2.75) is 136 Å². The Balaban J connectivity index is 1.57. The van der Waals surface area contributed by atoms with E-state index in [0.717, 1.165) is 37.2 Å². The minimum atomic E-state index is -0.210. The van der Waals surface area contributed by atoms with Crippen molar-refractivity contribution in [2.24, 2.45) is 0 Å². The molecule has 0 aliphatic heterocycles. The molecule has 0 aliphatic carbocycles. The molecular weight excluding hydrogens is 472 g/mol. The number of ether oxygens (including phenoxy) is 2. The zero-order chi connectivity index (χ0) is 27.1. The molecule has 0 aliphatic rings. The second-order valence-electron chi connectivity index (χ2n) is 10.5. The molecule has 0 saturated carbocycles. The number of carbonyl (C=O) groups is 1. The molecule has 5 nitrogen and oxygen atoms in total. The molecule has 5 heteroatoms. The van der Waals surface area contributed by atoms with E-state index in [0.29, 0.717) is 18.0 Å². The van der Waals surface area contributed by atoms with Crippen molar-refractivity contribution in [1.82, 2.24) is 9.97 Å². The van der Waals surface area contributed by atoms with Gasteiger partial charge in [0.1, 0.15) is 5.75 Å². The lowest BCUT2D eigenvalue weighted by Crippen LogP contribution is -2.08. The van der Waals surface area contributed by atoms with Gasteiger partial charge in [-0.15, -0.1) is 0 Å². The highest BCUT2D eigenvalue weighted by Gasteiger charge is 2.08. The normalized spacial score (nSPS) is 11.0. The van der Waals surface area contributed by atoms with Crippen LogP contribution in [-0.4, -0.2) is 22.5 Å². The van der Waals surface area contributed by atoms with Crippen LogP contribution < -0.4 is 9.47 Å². The Bertz CT molecular complexity index is 836. The summed E-state index contributed by atoms with van der Waals surface area (Å²) in [4.78, 5) is 20.9. The van der Waals surface area contributed by atoms with Crippen LogP contribution >= 0.6 is 0 Å². The number of benzene rings is 1. The highest BCUT2D eigenvalue weighted by Crippen LogP contribution is 2.21. The number of hydrogen-bond acceptors (Lipinski definition) is 5. The van der Waals surface area contributed by atoms with Crippen LogP contribution in [0.5, 0.6) is 11.5 Å². The van der Waals surface area contributed by atoms with Gasteiger partial charge in [0, 0.05) is 12.0 Å². The van der Waals surface area contributed by atoms with Gasteiger partial charge in [-0.05, 0) is 37.1 Å². The van der Waals surface area contributed by atoms with Gasteiger partial charge in [0.05, 0.1) is 19.0 Å². The van der Waals surface area contributed by atoms with E-state index in [1.165, 1.54) is 96.3 Å². The van der Waals surface area contributed by atoms with Crippen LogP contribution in [0.1, 0.15) is 136 Å². The number of aromatic nitrogens is 2. The summed E-state index contributed by atoms with van der Waals surface area (Å²) >= 11 is 0. The molecule has 0 atom stereocenters. The maximum absolute atomic E-state index is 12.1. The van der Waals surface area contributed by atoms with Crippen molar-refractivity contribution in [3.05, 3.63) is 36.7 Å². The SMILES string of the molecule is CCCCCCCCCCCOc1ccc(-c2ncc(OC(=O)CCCCCCCCCCC)cn2)cc1. The van der Waals surface area contributed by atoms with Crippen molar-refractivity contribution < 1.29 is 14.3 Å². The topological polar surface area (TPSA) is 61.3 Å². The first-order chi connectivity index (χ1) is 18.7. The molecule has 1 aromatic heterocycles. The maximum Gasteiger partial charge on any atom is 0.311 e. The number of carbonyl (C=O) groups excluding carboxylic acids is 1. The monoisotopic (exact) mass is 524 g/mol. The average molecular weight is 525 g/mol. The fourth-order valence-corrected chi connectivity index (χ4v) is 4.58. The third kappa shape index (κ3) is 15.1. The zero-order valence-corrected chi connectivity index (χ0v) is 24.2. The highest BCUT2D eigenvalue weighted by atomic mass is 16.5. The lowest BCUT2D eigenvalue weighted by molar-refractivity contribution is -0.134. The van der Waals surface area contributed by atoms with Crippen molar-refractivity contribution in [3.8, 4) is 22.9 Å². The number of esters is 1. The predicted octanol–water partition coefficient (Wildman–Crippen LogP) is 9.88. The molecule has 38 heavy (non-hydrogen) atoms. The number of nitrogens with zero attached hydrogens (tertiary/aromatic N) is 2. The van der Waals surface area contributed by atoms with Gasteiger partial charge < -0.3 is 9.47 Å². The van der Waals surface area contributed by atoms with Gasteiger partial charge >= 0.3 is 5.97 Å². The fourth-order valence-electron chi connectivity index (χ4n) is 4.58. The van der Waals surface area contributed by atoms with Gasteiger partial charge in [-0.25, -0.2) is 9.97 Å². The minimum Gasteiger partial charge on any atom is -0.494 e. The van der Waals surface area contributed by atoms with E-state index < -0.39 is 0 Å². The van der Waals surface area contributed by atoms with Gasteiger partial charge in [-0.3, -0.25) is 4.79 Å². The van der Waals surface area contributed by atoms with Crippen molar-refractivity contribution >= 4 is 5.97 Å². The molecular formula is C33H52N2O3. The average Bonchev–Trinajstić information content (AvgIpc) is 2.94. The van der Waals surface area contributed by atoms with Crippen molar-refractivity contribution in [3.63, 3.8) is 0 Å².